The van der Waals surface area contributed by atoms with Crippen molar-refractivity contribution in [2.24, 2.45) is 0 Å². The summed E-state index contributed by atoms with van der Waals surface area (Å²) < 4.78 is 0. The van der Waals surface area contributed by atoms with Crippen LogP contribution in [0.4, 0.5) is 17.3 Å². The molecule has 4 nitrogen and oxygen atoms in total. The topological polar surface area (TPSA) is 63.8 Å². The Hall–Kier alpha value is -1.75. The molecular formula is C15H20N4S. The van der Waals surface area contributed by atoms with Crippen molar-refractivity contribution in [2.75, 3.05) is 17.3 Å². The molecule has 20 heavy (non-hydrogen) atoms. The molecule has 106 valence electrons. The van der Waals surface area contributed by atoms with Crippen molar-refractivity contribution < 1.29 is 0 Å². The van der Waals surface area contributed by atoms with Gasteiger partial charge in [0.25, 0.3) is 0 Å². The summed E-state index contributed by atoms with van der Waals surface area (Å²) in [5.74, 6) is 2.13. The lowest BCUT2D eigenvalue weighted by molar-refractivity contribution is 0.836. The Morgan fingerprint density at radius 3 is 2.70 bits per heavy atom. The molecule has 0 bridgehead atoms. The highest BCUT2D eigenvalue weighted by atomic mass is 32.2. The molecule has 0 aliphatic rings. The number of thioether (sulfide) groups is 1. The molecule has 0 fully saturated rings. The summed E-state index contributed by atoms with van der Waals surface area (Å²) >= 11 is 1.70. The Morgan fingerprint density at radius 1 is 1.25 bits per heavy atom. The Balaban J connectivity index is 2.37. The number of aromatic nitrogens is 2. The van der Waals surface area contributed by atoms with Crippen LogP contribution in [0.1, 0.15) is 24.7 Å². The lowest BCUT2D eigenvalue weighted by Crippen LogP contribution is -2.07. The van der Waals surface area contributed by atoms with Gasteiger partial charge in [0.15, 0.2) is 0 Å². The number of rotatable bonds is 5. The summed E-state index contributed by atoms with van der Waals surface area (Å²) in [5, 5.41) is 3.38. The number of benzene rings is 1. The molecule has 2 aromatic rings. The van der Waals surface area contributed by atoms with E-state index >= 15 is 0 Å². The van der Waals surface area contributed by atoms with E-state index in [0.717, 1.165) is 35.7 Å². The molecule has 2 rings (SSSR count). The summed E-state index contributed by atoms with van der Waals surface area (Å²) in [5.41, 5.74) is 7.91. The molecule has 0 aliphatic carbocycles. The predicted octanol–water partition coefficient (Wildman–Crippen LogP) is 3.79. The van der Waals surface area contributed by atoms with Crippen LogP contribution in [-0.4, -0.2) is 16.2 Å². The summed E-state index contributed by atoms with van der Waals surface area (Å²) in [6, 6.07) is 8.17. The second-order valence-electron chi connectivity index (χ2n) is 4.57. The van der Waals surface area contributed by atoms with Crippen molar-refractivity contribution in [3.8, 4) is 0 Å². The average Bonchev–Trinajstić information content (AvgIpc) is 2.45. The minimum atomic E-state index is 0.549. The number of anilines is 3. The second-order valence-corrected chi connectivity index (χ2v) is 5.42. The maximum absolute atomic E-state index is 5.98. The lowest BCUT2D eigenvalue weighted by atomic mass is 10.2. The van der Waals surface area contributed by atoms with Gasteiger partial charge in [0, 0.05) is 16.9 Å². The lowest BCUT2D eigenvalue weighted by Gasteiger charge is -2.14. The van der Waals surface area contributed by atoms with Crippen molar-refractivity contribution in [1.29, 1.82) is 0 Å². The van der Waals surface area contributed by atoms with Gasteiger partial charge in [0.05, 0.1) is 5.69 Å². The first-order valence-electron chi connectivity index (χ1n) is 6.68. The van der Waals surface area contributed by atoms with Crippen LogP contribution in [0.25, 0.3) is 0 Å². The highest BCUT2D eigenvalue weighted by Crippen LogP contribution is 2.29. The minimum Gasteiger partial charge on any atom is -0.383 e. The number of nitrogens with zero attached hydrogens (tertiary/aromatic N) is 2. The highest BCUT2D eigenvalue weighted by molar-refractivity contribution is 7.98. The molecule has 1 aromatic carbocycles. The zero-order valence-corrected chi connectivity index (χ0v) is 12.9. The van der Waals surface area contributed by atoms with Crippen LogP contribution >= 0.6 is 11.8 Å². The molecule has 0 spiro atoms. The fourth-order valence-corrected chi connectivity index (χ4v) is 2.47. The number of nitrogens with two attached hydrogens (primary N) is 1. The molecule has 1 aromatic heterocycles. The first-order chi connectivity index (χ1) is 9.65. The van der Waals surface area contributed by atoms with Gasteiger partial charge in [-0.1, -0.05) is 19.1 Å². The normalized spacial score (nSPS) is 10.6. The minimum absolute atomic E-state index is 0.549. The van der Waals surface area contributed by atoms with Gasteiger partial charge in [0.2, 0.25) is 0 Å². The Labute approximate surface area is 124 Å². The summed E-state index contributed by atoms with van der Waals surface area (Å²) in [6.45, 7) is 4.05. The molecule has 0 aliphatic heterocycles. The van der Waals surface area contributed by atoms with Crippen LogP contribution in [-0.2, 0) is 6.42 Å². The zero-order valence-electron chi connectivity index (χ0n) is 12.1. The monoisotopic (exact) mass is 288 g/mol. The third-order valence-electron chi connectivity index (χ3n) is 3.06. The van der Waals surface area contributed by atoms with E-state index < -0.39 is 0 Å². The Kier molecular flexibility index (Phi) is 4.84. The SMILES string of the molecule is CCCc1nc(N)c(C)c(Nc2ccccc2SC)n1. The van der Waals surface area contributed by atoms with Crippen molar-refractivity contribution in [3.63, 3.8) is 0 Å². The molecule has 0 atom stereocenters. The van der Waals surface area contributed by atoms with E-state index in [-0.39, 0.29) is 0 Å². The molecule has 5 heteroatoms. The molecule has 0 radical (unpaired) electrons. The molecule has 3 N–H and O–H groups in total. The van der Waals surface area contributed by atoms with Gasteiger partial charge in [-0.25, -0.2) is 9.97 Å². The molecule has 1 heterocycles. The van der Waals surface area contributed by atoms with E-state index in [1.807, 2.05) is 25.1 Å². The quantitative estimate of drug-likeness (QED) is 0.820. The van der Waals surface area contributed by atoms with Crippen LogP contribution in [0.3, 0.4) is 0 Å². The molecular weight excluding hydrogens is 268 g/mol. The van der Waals surface area contributed by atoms with Crippen LogP contribution < -0.4 is 11.1 Å². The molecule has 0 amide bonds. The maximum atomic E-state index is 5.98. The number of para-hydroxylation sites is 1. The first kappa shape index (κ1) is 14.7. The van der Waals surface area contributed by atoms with E-state index in [9.17, 15) is 0 Å². The average molecular weight is 288 g/mol. The third kappa shape index (κ3) is 3.22. The summed E-state index contributed by atoms with van der Waals surface area (Å²) in [6.07, 6.45) is 3.90. The van der Waals surface area contributed by atoms with E-state index in [0.29, 0.717) is 5.82 Å². The largest absolute Gasteiger partial charge is 0.383 e. The second kappa shape index (κ2) is 6.61. The van der Waals surface area contributed by atoms with E-state index in [2.05, 4.69) is 34.5 Å². The fourth-order valence-electron chi connectivity index (χ4n) is 1.91. The summed E-state index contributed by atoms with van der Waals surface area (Å²) in [7, 11) is 0. The van der Waals surface area contributed by atoms with Crippen molar-refractivity contribution in [2.45, 2.75) is 31.6 Å². The number of hydrogen-bond acceptors (Lipinski definition) is 5. The van der Waals surface area contributed by atoms with Gasteiger partial charge in [-0.05, 0) is 31.7 Å². The molecule has 0 saturated heterocycles. The van der Waals surface area contributed by atoms with E-state index in [1.54, 1.807) is 11.8 Å². The molecule has 0 unspecified atom stereocenters. The van der Waals surface area contributed by atoms with Gasteiger partial charge in [-0.2, -0.15) is 0 Å². The van der Waals surface area contributed by atoms with Crippen molar-refractivity contribution in [1.82, 2.24) is 9.97 Å². The van der Waals surface area contributed by atoms with E-state index in [4.69, 9.17) is 5.73 Å². The van der Waals surface area contributed by atoms with Crippen LogP contribution in [0.2, 0.25) is 0 Å². The maximum Gasteiger partial charge on any atom is 0.139 e. The third-order valence-corrected chi connectivity index (χ3v) is 3.86. The van der Waals surface area contributed by atoms with Gasteiger partial charge >= 0.3 is 0 Å². The van der Waals surface area contributed by atoms with Crippen LogP contribution in [0, 0.1) is 6.92 Å². The van der Waals surface area contributed by atoms with Crippen LogP contribution in [0.5, 0.6) is 0 Å². The predicted molar refractivity (Wildman–Crippen MR) is 86.7 cm³/mol. The smallest absolute Gasteiger partial charge is 0.139 e. The summed E-state index contributed by atoms with van der Waals surface area (Å²) in [4.78, 5) is 10.1. The van der Waals surface area contributed by atoms with Gasteiger partial charge in [0.1, 0.15) is 17.5 Å². The Morgan fingerprint density at radius 2 is 2.00 bits per heavy atom. The van der Waals surface area contributed by atoms with Gasteiger partial charge in [-0.3, -0.25) is 0 Å². The number of hydrogen-bond donors (Lipinski definition) is 2. The highest BCUT2D eigenvalue weighted by Gasteiger charge is 2.10. The van der Waals surface area contributed by atoms with Crippen molar-refractivity contribution >= 4 is 29.1 Å². The fraction of sp³-hybridized carbons (Fsp3) is 0.333. The number of nitrogens with one attached hydrogen (secondary N) is 1. The van der Waals surface area contributed by atoms with Crippen LogP contribution in [0.15, 0.2) is 29.2 Å². The van der Waals surface area contributed by atoms with E-state index in [1.165, 1.54) is 4.90 Å². The van der Waals surface area contributed by atoms with Gasteiger partial charge in [-0.15, -0.1) is 11.8 Å². The number of aryl methyl sites for hydroxylation is 1. The van der Waals surface area contributed by atoms with Crippen molar-refractivity contribution in [3.05, 3.63) is 35.7 Å². The standard InChI is InChI=1S/C15H20N4S/c1-4-7-13-18-14(16)10(2)15(19-13)17-11-8-5-6-9-12(11)20-3/h5-6,8-9H,4,7H2,1-3H3,(H3,16,17,18,19). The van der Waals surface area contributed by atoms with Gasteiger partial charge < -0.3 is 11.1 Å². The zero-order chi connectivity index (χ0) is 14.5. The number of nitrogen functional groups attached to an aromatic ring is 1. The Bertz CT molecular complexity index is 598. The first-order valence-corrected chi connectivity index (χ1v) is 7.91. The molecule has 0 saturated carbocycles.